The lowest BCUT2D eigenvalue weighted by Gasteiger charge is -2.23. The molecule has 2 heterocycles. The van der Waals surface area contributed by atoms with Crippen LogP contribution in [0.25, 0.3) is 16.6 Å². The number of fused-ring (bicyclic) bond motifs is 1. The van der Waals surface area contributed by atoms with E-state index in [4.69, 9.17) is 4.74 Å². The molecule has 0 aliphatic carbocycles. The predicted octanol–water partition coefficient (Wildman–Crippen LogP) is 3.81. The maximum atomic E-state index is 13.8. The van der Waals surface area contributed by atoms with Crippen LogP contribution >= 0.6 is 0 Å². The summed E-state index contributed by atoms with van der Waals surface area (Å²) in [6.45, 7) is 8.74. The number of aryl methyl sites for hydroxylation is 1. The Morgan fingerprint density at radius 1 is 1.28 bits per heavy atom. The number of alkyl carbamates (subject to hydrolysis) is 1. The zero-order chi connectivity index (χ0) is 21.3. The van der Waals surface area contributed by atoms with Crippen molar-refractivity contribution < 1.29 is 13.9 Å². The summed E-state index contributed by atoms with van der Waals surface area (Å²) in [5.41, 5.74) is 0.416. The summed E-state index contributed by atoms with van der Waals surface area (Å²) in [6, 6.07) is 5.84. The molecule has 1 aromatic carbocycles. The molecule has 0 fully saturated rings. The summed E-state index contributed by atoms with van der Waals surface area (Å²) in [6.07, 6.45) is 1.78. The van der Waals surface area contributed by atoms with Crippen LogP contribution in [0.4, 0.5) is 9.18 Å². The Labute approximate surface area is 167 Å². The minimum Gasteiger partial charge on any atom is -0.444 e. The van der Waals surface area contributed by atoms with E-state index in [2.05, 4.69) is 15.3 Å². The van der Waals surface area contributed by atoms with Crippen LogP contribution in [0.3, 0.4) is 0 Å². The summed E-state index contributed by atoms with van der Waals surface area (Å²) in [4.78, 5) is 34.0. The molecule has 0 saturated heterocycles. The number of rotatable bonds is 3. The van der Waals surface area contributed by atoms with E-state index in [0.717, 1.165) is 11.8 Å². The third kappa shape index (κ3) is 4.42. The van der Waals surface area contributed by atoms with Gasteiger partial charge in [0.15, 0.2) is 0 Å². The van der Waals surface area contributed by atoms with Crippen molar-refractivity contribution >= 4 is 17.0 Å². The first-order valence-electron chi connectivity index (χ1n) is 9.19. The molecule has 0 saturated carbocycles. The molecule has 1 N–H and O–H groups in total. The van der Waals surface area contributed by atoms with E-state index < -0.39 is 23.6 Å². The first-order valence-corrected chi connectivity index (χ1v) is 9.19. The van der Waals surface area contributed by atoms with Crippen LogP contribution in [-0.2, 0) is 4.74 Å². The number of hydrogen-bond acceptors (Lipinski definition) is 5. The van der Waals surface area contributed by atoms with Gasteiger partial charge < -0.3 is 10.1 Å². The van der Waals surface area contributed by atoms with Crippen LogP contribution in [0.5, 0.6) is 0 Å². The number of benzene rings is 1. The summed E-state index contributed by atoms with van der Waals surface area (Å²) in [7, 11) is 0. The van der Waals surface area contributed by atoms with Gasteiger partial charge in [0.2, 0.25) is 0 Å². The Kier molecular flexibility index (Phi) is 5.37. The average Bonchev–Trinajstić information content (AvgIpc) is 2.59. The van der Waals surface area contributed by atoms with Crippen molar-refractivity contribution in [3.63, 3.8) is 0 Å². The maximum Gasteiger partial charge on any atom is 0.408 e. The molecular formula is C21H23FN4O3. The molecular weight excluding hydrogens is 375 g/mol. The van der Waals surface area contributed by atoms with Gasteiger partial charge in [-0.1, -0.05) is 12.1 Å². The van der Waals surface area contributed by atoms with Crippen LogP contribution in [0, 0.1) is 12.7 Å². The Bertz CT molecular complexity index is 1130. The molecule has 0 radical (unpaired) electrons. The summed E-state index contributed by atoms with van der Waals surface area (Å²) in [5.74, 6) is -0.343. The molecule has 0 aliphatic rings. The first kappa shape index (κ1) is 20.4. The standard InChI is InChI=1S/C21H23FN4O3/c1-12-7-6-8-16-17(12)19(27)26(15-9-14(22)10-23-11-15)18(25-16)13(2)24-20(28)29-21(3,4)5/h6-11,13H,1-5H3,(H,24,28). The van der Waals surface area contributed by atoms with Gasteiger partial charge >= 0.3 is 6.09 Å². The normalized spacial score (nSPS) is 12.6. The second kappa shape index (κ2) is 7.62. The fourth-order valence-electron chi connectivity index (χ4n) is 3.02. The van der Waals surface area contributed by atoms with Crippen LogP contribution in [-0.4, -0.2) is 26.2 Å². The molecule has 152 valence electrons. The van der Waals surface area contributed by atoms with Gasteiger partial charge in [-0.25, -0.2) is 14.2 Å². The summed E-state index contributed by atoms with van der Waals surface area (Å²) < 4.78 is 20.4. The van der Waals surface area contributed by atoms with Gasteiger partial charge in [-0.05, 0) is 46.2 Å². The van der Waals surface area contributed by atoms with E-state index >= 15 is 0 Å². The lowest BCUT2D eigenvalue weighted by molar-refractivity contribution is 0.0505. The van der Waals surface area contributed by atoms with Crippen molar-refractivity contribution in [3.05, 3.63) is 64.2 Å². The Balaban J connectivity index is 2.18. The second-order valence-corrected chi connectivity index (χ2v) is 7.81. The topological polar surface area (TPSA) is 86.1 Å². The van der Waals surface area contributed by atoms with Gasteiger partial charge in [0.1, 0.15) is 17.2 Å². The molecule has 3 rings (SSSR count). The molecule has 0 spiro atoms. The Morgan fingerprint density at radius 3 is 2.66 bits per heavy atom. The van der Waals surface area contributed by atoms with Crippen molar-refractivity contribution in [2.24, 2.45) is 0 Å². The number of aromatic nitrogens is 3. The third-order valence-corrected chi connectivity index (χ3v) is 4.20. The minimum atomic E-state index is -0.689. The number of carbonyl (C=O) groups is 1. The van der Waals surface area contributed by atoms with Gasteiger partial charge in [-0.2, -0.15) is 0 Å². The quantitative estimate of drug-likeness (QED) is 0.725. The number of hydrogen-bond donors (Lipinski definition) is 1. The highest BCUT2D eigenvalue weighted by molar-refractivity contribution is 5.81. The number of pyridine rings is 1. The number of amides is 1. The fourth-order valence-corrected chi connectivity index (χ4v) is 3.02. The zero-order valence-corrected chi connectivity index (χ0v) is 17.0. The molecule has 0 aliphatic heterocycles. The van der Waals surface area contributed by atoms with E-state index in [1.54, 1.807) is 39.8 Å². The Hall–Kier alpha value is -3.29. The van der Waals surface area contributed by atoms with Crippen molar-refractivity contribution in [1.82, 2.24) is 19.9 Å². The van der Waals surface area contributed by atoms with Crippen LogP contribution < -0.4 is 10.9 Å². The monoisotopic (exact) mass is 398 g/mol. The molecule has 3 aromatic rings. The van der Waals surface area contributed by atoms with Crippen molar-refractivity contribution in [1.29, 1.82) is 0 Å². The van der Waals surface area contributed by atoms with Crippen molar-refractivity contribution in [3.8, 4) is 5.69 Å². The first-order chi connectivity index (χ1) is 13.6. The Morgan fingerprint density at radius 2 is 2.00 bits per heavy atom. The zero-order valence-electron chi connectivity index (χ0n) is 17.0. The summed E-state index contributed by atoms with van der Waals surface area (Å²) in [5, 5.41) is 3.11. The van der Waals surface area contributed by atoms with E-state index in [1.165, 1.54) is 16.8 Å². The van der Waals surface area contributed by atoms with Gasteiger partial charge in [-0.15, -0.1) is 0 Å². The van der Waals surface area contributed by atoms with Crippen molar-refractivity contribution in [2.45, 2.75) is 46.3 Å². The molecule has 0 bridgehead atoms. The number of nitrogens with zero attached hydrogens (tertiary/aromatic N) is 3. The molecule has 8 heteroatoms. The number of ether oxygens (including phenoxy) is 1. The van der Waals surface area contributed by atoms with Crippen LogP contribution in [0.2, 0.25) is 0 Å². The molecule has 1 atom stereocenters. The minimum absolute atomic E-state index is 0.223. The highest BCUT2D eigenvalue weighted by Gasteiger charge is 2.23. The SMILES string of the molecule is Cc1cccc2nc(C(C)NC(=O)OC(C)(C)C)n(-c3cncc(F)c3)c(=O)c12. The number of nitrogens with one attached hydrogen (secondary N) is 1. The van der Waals surface area contributed by atoms with Crippen molar-refractivity contribution in [2.75, 3.05) is 0 Å². The smallest absolute Gasteiger partial charge is 0.408 e. The molecule has 1 unspecified atom stereocenters. The maximum absolute atomic E-state index is 13.8. The molecule has 2 aromatic heterocycles. The van der Waals surface area contributed by atoms with E-state index in [1.807, 2.05) is 13.0 Å². The van der Waals surface area contributed by atoms with Crippen LogP contribution in [0.15, 0.2) is 41.5 Å². The molecule has 7 nitrogen and oxygen atoms in total. The second-order valence-electron chi connectivity index (χ2n) is 7.81. The van der Waals surface area contributed by atoms with Gasteiger partial charge in [0.25, 0.3) is 5.56 Å². The molecule has 1 amide bonds. The summed E-state index contributed by atoms with van der Waals surface area (Å²) >= 11 is 0. The number of halogens is 1. The number of carbonyl (C=O) groups excluding carboxylic acids is 1. The van der Waals surface area contributed by atoms with E-state index in [9.17, 15) is 14.0 Å². The third-order valence-electron chi connectivity index (χ3n) is 4.20. The van der Waals surface area contributed by atoms with Crippen LogP contribution in [0.1, 0.15) is 45.1 Å². The highest BCUT2D eigenvalue weighted by atomic mass is 19.1. The van der Waals surface area contributed by atoms with Gasteiger partial charge in [0, 0.05) is 6.07 Å². The molecule has 29 heavy (non-hydrogen) atoms. The largest absolute Gasteiger partial charge is 0.444 e. The average molecular weight is 398 g/mol. The lowest BCUT2D eigenvalue weighted by atomic mass is 10.1. The van der Waals surface area contributed by atoms with Gasteiger partial charge in [0.05, 0.1) is 35.0 Å². The lowest BCUT2D eigenvalue weighted by Crippen LogP contribution is -2.37. The highest BCUT2D eigenvalue weighted by Crippen LogP contribution is 2.20. The predicted molar refractivity (Wildman–Crippen MR) is 108 cm³/mol. The van der Waals surface area contributed by atoms with Gasteiger partial charge in [-0.3, -0.25) is 14.3 Å². The fraction of sp³-hybridized carbons (Fsp3) is 0.333. The van der Waals surface area contributed by atoms with E-state index in [0.29, 0.717) is 10.9 Å². The van der Waals surface area contributed by atoms with E-state index in [-0.39, 0.29) is 17.1 Å².